The fraction of sp³-hybridized carbons (Fsp3) is 0.222. The van der Waals surface area contributed by atoms with E-state index in [4.69, 9.17) is 5.73 Å². The fourth-order valence-electron chi connectivity index (χ4n) is 5.96. The Bertz CT molecular complexity index is 1560. The second-order valence-electron chi connectivity index (χ2n) is 9.54. The minimum atomic E-state index is -2.56. The summed E-state index contributed by atoms with van der Waals surface area (Å²) in [4.78, 5) is 39.4. The van der Waals surface area contributed by atoms with Crippen molar-refractivity contribution in [3.8, 4) is 16.2 Å². The Morgan fingerprint density at radius 3 is 2.53 bits per heavy atom. The number of hydrogen-bond donors (Lipinski definition) is 5. The molecule has 0 spiro atoms. The summed E-state index contributed by atoms with van der Waals surface area (Å²) in [7, 11) is 0. The molecule has 0 saturated carbocycles. The fourth-order valence-corrected chi connectivity index (χ4v) is 7.08. The summed E-state index contributed by atoms with van der Waals surface area (Å²) in [5.41, 5.74) is 3.15. The monoisotopic (exact) mass is 503 g/mol. The van der Waals surface area contributed by atoms with Gasteiger partial charge in [-0.1, -0.05) is 18.2 Å². The molecule has 3 aromatic rings. The van der Waals surface area contributed by atoms with Crippen LogP contribution in [-0.4, -0.2) is 43.5 Å². The molecule has 1 aromatic heterocycles. The van der Waals surface area contributed by atoms with Crippen molar-refractivity contribution in [3.05, 3.63) is 76.3 Å². The number of aliphatic hydroxyl groups excluding tert-OH is 2. The molecule has 0 fully saturated rings. The largest absolute Gasteiger partial charge is 0.511 e. The van der Waals surface area contributed by atoms with Crippen LogP contribution in [0.4, 0.5) is 0 Å². The number of aliphatic hydroxyl groups is 3. The molecule has 0 aliphatic heterocycles. The number of phenols is 1. The molecule has 3 aliphatic carbocycles. The van der Waals surface area contributed by atoms with Crippen LogP contribution < -0.4 is 5.73 Å². The summed E-state index contributed by atoms with van der Waals surface area (Å²) in [5, 5.41) is 44.5. The van der Waals surface area contributed by atoms with E-state index in [2.05, 4.69) is 0 Å². The van der Waals surface area contributed by atoms with Crippen molar-refractivity contribution in [2.24, 2.45) is 17.6 Å². The zero-order chi connectivity index (χ0) is 25.5. The van der Waals surface area contributed by atoms with Crippen LogP contribution >= 0.6 is 11.3 Å². The molecule has 8 nitrogen and oxygen atoms in total. The van der Waals surface area contributed by atoms with E-state index in [0.29, 0.717) is 5.56 Å². The van der Waals surface area contributed by atoms with Crippen LogP contribution in [0.2, 0.25) is 0 Å². The van der Waals surface area contributed by atoms with Gasteiger partial charge in [0.15, 0.2) is 11.4 Å². The van der Waals surface area contributed by atoms with Crippen molar-refractivity contribution in [1.82, 2.24) is 0 Å². The highest BCUT2D eigenvalue weighted by atomic mass is 32.1. The second-order valence-corrected chi connectivity index (χ2v) is 10.6. The standard InChI is InChI=1S/C27H21NO7S/c28-26(34)22-17(30)10-13-7-12-8-15-14(19-9-11-3-1-2-4-18(11)36-19)5-6-16(29)21(15)23(31)20(12)24(32)27(13,35)25(22)33/h1-6,9,12-13,29-30,32,35H,7-8,10H2,(H2,28,34)/t12-,13+,27+/m1/s1. The first-order valence-corrected chi connectivity index (χ1v) is 12.3. The first-order valence-electron chi connectivity index (χ1n) is 11.4. The molecule has 3 aliphatic rings. The molecule has 0 radical (unpaired) electrons. The van der Waals surface area contributed by atoms with Gasteiger partial charge in [0, 0.05) is 27.5 Å². The van der Waals surface area contributed by atoms with Gasteiger partial charge < -0.3 is 26.2 Å². The molecule has 36 heavy (non-hydrogen) atoms. The van der Waals surface area contributed by atoms with E-state index in [1.54, 1.807) is 17.4 Å². The Labute approximate surface area is 208 Å². The first-order chi connectivity index (χ1) is 17.1. The molecule has 9 heteroatoms. The summed E-state index contributed by atoms with van der Waals surface area (Å²) in [6.45, 7) is 0. The Balaban J connectivity index is 1.52. The van der Waals surface area contributed by atoms with E-state index in [1.807, 2.05) is 30.3 Å². The van der Waals surface area contributed by atoms with Crippen LogP contribution in [0.1, 0.15) is 28.8 Å². The van der Waals surface area contributed by atoms with Gasteiger partial charge >= 0.3 is 0 Å². The summed E-state index contributed by atoms with van der Waals surface area (Å²) in [6.07, 6.45) is 0.120. The number of Topliss-reactive ketones (excluding diaryl/α,β-unsaturated/α-hetero) is 2. The lowest BCUT2D eigenvalue weighted by Gasteiger charge is -2.45. The quantitative estimate of drug-likeness (QED) is 0.335. The number of rotatable bonds is 2. The van der Waals surface area contributed by atoms with Crippen molar-refractivity contribution < 1.29 is 34.8 Å². The van der Waals surface area contributed by atoms with Crippen LogP contribution in [0.5, 0.6) is 5.75 Å². The SMILES string of the molecule is NC(=O)C1=C(O)C[C@@H]2C[C@@H]3Cc4c(-c5cc6ccccc6s5)ccc(O)c4C(=O)C3=C(O)[C@]2(O)C1=O. The topological polar surface area (TPSA) is 158 Å². The van der Waals surface area contributed by atoms with Gasteiger partial charge in [0.25, 0.3) is 5.91 Å². The average molecular weight is 504 g/mol. The van der Waals surface area contributed by atoms with Crippen LogP contribution in [0.15, 0.2) is 65.1 Å². The van der Waals surface area contributed by atoms with Crippen molar-refractivity contribution >= 4 is 38.9 Å². The highest BCUT2D eigenvalue weighted by Crippen LogP contribution is 2.52. The minimum absolute atomic E-state index is 0.0154. The van der Waals surface area contributed by atoms with Gasteiger partial charge in [-0.25, -0.2) is 0 Å². The smallest absolute Gasteiger partial charge is 0.255 e. The van der Waals surface area contributed by atoms with E-state index in [0.717, 1.165) is 20.5 Å². The highest BCUT2D eigenvalue weighted by Gasteiger charge is 2.59. The number of thiophene rings is 1. The molecule has 0 bridgehead atoms. The van der Waals surface area contributed by atoms with Gasteiger partial charge in [-0.3, -0.25) is 14.4 Å². The lowest BCUT2D eigenvalue weighted by molar-refractivity contribution is -0.144. The van der Waals surface area contributed by atoms with Crippen LogP contribution in [0.25, 0.3) is 20.5 Å². The van der Waals surface area contributed by atoms with E-state index in [-0.39, 0.29) is 36.1 Å². The minimum Gasteiger partial charge on any atom is -0.511 e. The van der Waals surface area contributed by atoms with Gasteiger partial charge in [0.2, 0.25) is 5.78 Å². The average Bonchev–Trinajstić information content (AvgIpc) is 3.25. The second kappa shape index (κ2) is 7.52. The van der Waals surface area contributed by atoms with Gasteiger partial charge in [-0.05, 0) is 59.5 Å². The third-order valence-corrected chi connectivity index (χ3v) is 8.79. The van der Waals surface area contributed by atoms with Crippen molar-refractivity contribution in [2.75, 3.05) is 0 Å². The molecule has 3 atom stereocenters. The Morgan fingerprint density at radius 2 is 1.81 bits per heavy atom. The number of aromatic hydroxyl groups is 1. The Morgan fingerprint density at radius 1 is 1.06 bits per heavy atom. The van der Waals surface area contributed by atoms with E-state index in [1.165, 1.54) is 6.07 Å². The summed E-state index contributed by atoms with van der Waals surface area (Å²) in [5.74, 6) is -6.31. The number of carbonyl (C=O) groups is 3. The first kappa shape index (κ1) is 22.5. The molecular formula is C27H21NO7S. The molecule has 0 saturated heterocycles. The number of hydrogen-bond acceptors (Lipinski definition) is 8. The number of nitrogens with two attached hydrogens (primary N) is 1. The highest BCUT2D eigenvalue weighted by molar-refractivity contribution is 7.22. The maximum Gasteiger partial charge on any atom is 0.255 e. The number of amides is 1. The predicted molar refractivity (Wildman–Crippen MR) is 132 cm³/mol. The number of phenolic OH excluding ortho intramolecular Hbond substituents is 1. The summed E-state index contributed by atoms with van der Waals surface area (Å²) in [6, 6.07) is 13.1. The Hall–Kier alpha value is -3.95. The van der Waals surface area contributed by atoms with Crippen molar-refractivity contribution in [3.63, 3.8) is 0 Å². The van der Waals surface area contributed by atoms with Crippen LogP contribution in [0.3, 0.4) is 0 Å². The maximum atomic E-state index is 13.7. The van der Waals surface area contributed by atoms with Gasteiger partial charge in [0.1, 0.15) is 22.8 Å². The molecule has 6 rings (SSSR count). The Kier molecular flexibility index (Phi) is 4.70. The zero-order valence-electron chi connectivity index (χ0n) is 18.8. The number of fused-ring (bicyclic) bond motifs is 4. The molecule has 1 amide bonds. The van der Waals surface area contributed by atoms with Gasteiger partial charge in [0.05, 0.1) is 5.56 Å². The molecule has 1 heterocycles. The molecule has 182 valence electrons. The van der Waals surface area contributed by atoms with Crippen LogP contribution in [0, 0.1) is 11.8 Å². The van der Waals surface area contributed by atoms with Gasteiger partial charge in [-0.2, -0.15) is 0 Å². The number of ketones is 2. The van der Waals surface area contributed by atoms with Gasteiger partial charge in [-0.15, -0.1) is 11.3 Å². The van der Waals surface area contributed by atoms with Crippen LogP contribution in [-0.2, 0) is 16.0 Å². The third kappa shape index (κ3) is 2.87. The maximum absolute atomic E-state index is 13.7. The molecular weight excluding hydrogens is 482 g/mol. The van der Waals surface area contributed by atoms with Crippen molar-refractivity contribution in [2.45, 2.75) is 24.9 Å². The lowest BCUT2D eigenvalue weighted by atomic mass is 9.60. The van der Waals surface area contributed by atoms with E-state index < -0.39 is 52.0 Å². The predicted octanol–water partition coefficient (Wildman–Crippen LogP) is 3.46. The number of carbonyl (C=O) groups excluding carboxylic acids is 3. The molecule has 2 aromatic carbocycles. The number of primary amides is 1. The number of benzene rings is 2. The van der Waals surface area contributed by atoms with E-state index in [9.17, 15) is 34.8 Å². The zero-order valence-corrected chi connectivity index (χ0v) is 19.6. The normalized spacial score (nSPS) is 25.6. The molecule has 6 N–H and O–H groups in total. The third-order valence-electron chi connectivity index (χ3n) is 7.64. The lowest BCUT2D eigenvalue weighted by Crippen LogP contribution is -2.57. The molecule has 0 unspecified atom stereocenters. The van der Waals surface area contributed by atoms with E-state index >= 15 is 0 Å². The number of allylic oxidation sites excluding steroid dienone is 2. The van der Waals surface area contributed by atoms with Crippen molar-refractivity contribution in [1.29, 1.82) is 0 Å². The summed E-state index contributed by atoms with van der Waals surface area (Å²) < 4.78 is 1.07. The summed E-state index contributed by atoms with van der Waals surface area (Å²) >= 11 is 1.56.